The second kappa shape index (κ2) is 3.21. The van der Waals surface area contributed by atoms with E-state index in [2.05, 4.69) is 0 Å². The molecule has 0 aliphatic heterocycles. The minimum absolute atomic E-state index is 0.277. The second-order valence-corrected chi connectivity index (χ2v) is 3.56. The molecule has 0 heterocycles. The Morgan fingerprint density at radius 1 is 1.31 bits per heavy atom. The lowest BCUT2D eigenvalue weighted by Gasteiger charge is -2.10. The van der Waals surface area contributed by atoms with E-state index in [0.29, 0.717) is 5.92 Å². The van der Waals surface area contributed by atoms with Gasteiger partial charge in [-0.3, -0.25) is 4.79 Å². The highest BCUT2D eigenvalue weighted by molar-refractivity contribution is 5.76. The van der Waals surface area contributed by atoms with Crippen LogP contribution in [0.25, 0.3) is 0 Å². The maximum atomic E-state index is 11.0. The fraction of sp³-hybridized carbons (Fsp3) is 0.364. The summed E-state index contributed by atoms with van der Waals surface area (Å²) >= 11 is 0. The lowest BCUT2D eigenvalue weighted by molar-refractivity contribution is -0.139. The van der Waals surface area contributed by atoms with Crippen molar-refractivity contribution < 1.29 is 9.90 Å². The third-order valence-electron chi connectivity index (χ3n) is 2.52. The SMILES string of the molecule is O=C(O)[C@H](c1ccccc1)C1CC1. The van der Waals surface area contributed by atoms with Gasteiger partial charge in [0.05, 0.1) is 5.92 Å². The van der Waals surface area contributed by atoms with Crippen molar-refractivity contribution in [2.24, 2.45) is 5.92 Å². The average molecular weight is 176 g/mol. The number of benzene rings is 1. The Morgan fingerprint density at radius 3 is 2.38 bits per heavy atom. The van der Waals surface area contributed by atoms with Crippen LogP contribution in [0.3, 0.4) is 0 Å². The molecule has 68 valence electrons. The fourth-order valence-corrected chi connectivity index (χ4v) is 1.71. The van der Waals surface area contributed by atoms with E-state index in [4.69, 9.17) is 5.11 Å². The number of rotatable bonds is 3. The van der Waals surface area contributed by atoms with E-state index < -0.39 is 5.97 Å². The number of carbonyl (C=O) groups is 1. The largest absolute Gasteiger partial charge is 0.481 e. The van der Waals surface area contributed by atoms with Gasteiger partial charge in [-0.1, -0.05) is 30.3 Å². The third-order valence-corrected chi connectivity index (χ3v) is 2.52. The number of hydrogen-bond donors (Lipinski definition) is 1. The molecule has 1 aliphatic rings. The first-order chi connectivity index (χ1) is 6.29. The molecule has 1 fully saturated rings. The van der Waals surface area contributed by atoms with Gasteiger partial charge in [0.1, 0.15) is 0 Å². The third kappa shape index (κ3) is 1.72. The van der Waals surface area contributed by atoms with Crippen molar-refractivity contribution in [1.82, 2.24) is 0 Å². The first-order valence-electron chi connectivity index (χ1n) is 4.57. The molecule has 0 radical (unpaired) electrons. The van der Waals surface area contributed by atoms with Crippen LogP contribution in [0.2, 0.25) is 0 Å². The van der Waals surface area contributed by atoms with E-state index >= 15 is 0 Å². The zero-order chi connectivity index (χ0) is 9.26. The van der Waals surface area contributed by atoms with Gasteiger partial charge in [0, 0.05) is 0 Å². The smallest absolute Gasteiger partial charge is 0.311 e. The van der Waals surface area contributed by atoms with Crippen molar-refractivity contribution in [3.8, 4) is 0 Å². The van der Waals surface area contributed by atoms with Gasteiger partial charge in [-0.25, -0.2) is 0 Å². The van der Waals surface area contributed by atoms with Gasteiger partial charge < -0.3 is 5.11 Å². The maximum absolute atomic E-state index is 11.0. The van der Waals surface area contributed by atoms with E-state index in [1.165, 1.54) is 0 Å². The van der Waals surface area contributed by atoms with Crippen LogP contribution in [0.15, 0.2) is 30.3 Å². The normalized spacial score (nSPS) is 18.2. The molecule has 2 nitrogen and oxygen atoms in total. The van der Waals surface area contributed by atoms with E-state index in [1.54, 1.807) is 0 Å². The zero-order valence-electron chi connectivity index (χ0n) is 7.31. The molecule has 2 rings (SSSR count). The van der Waals surface area contributed by atoms with Gasteiger partial charge in [0.15, 0.2) is 0 Å². The van der Waals surface area contributed by atoms with Gasteiger partial charge in [-0.15, -0.1) is 0 Å². The highest BCUT2D eigenvalue weighted by Gasteiger charge is 2.36. The minimum atomic E-state index is -0.686. The molecule has 0 unspecified atom stereocenters. The molecule has 1 aromatic carbocycles. The Labute approximate surface area is 77.2 Å². The van der Waals surface area contributed by atoms with Crippen LogP contribution in [0, 0.1) is 5.92 Å². The Morgan fingerprint density at radius 2 is 1.92 bits per heavy atom. The molecule has 13 heavy (non-hydrogen) atoms. The lowest BCUT2D eigenvalue weighted by atomic mass is 9.94. The fourth-order valence-electron chi connectivity index (χ4n) is 1.71. The predicted molar refractivity (Wildman–Crippen MR) is 49.5 cm³/mol. The first kappa shape index (κ1) is 8.30. The van der Waals surface area contributed by atoms with Crippen LogP contribution in [0.5, 0.6) is 0 Å². The number of aliphatic carboxylic acids is 1. The number of carboxylic acids is 1. The van der Waals surface area contributed by atoms with Crippen LogP contribution in [-0.2, 0) is 4.79 Å². The number of hydrogen-bond acceptors (Lipinski definition) is 1. The molecule has 0 aromatic heterocycles. The summed E-state index contributed by atoms with van der Waals surface area (Å²) in [6.07, 6.45) is 2.12. The predicted octanol–water partition coefficient (Wildman–Crippen LogP) is 2.26. The van der Waals surface area contributed by atoms with E-state index in [0.717, 1.165) is 18.4 Å². The standard InChI is InChI=1S/C11H12O2/c12-11(13)10(9-6-7-9)8-4-2-1-3-5-8/h1-5,9-10H,6-7H2,(H,12,13)/t10-/m1/s1. The van der Waals surface area contributed by atoms with Crippen LogP contribution >= 0.6 is 0 Å². The molecule has 0 spiro atoms. The Hall–Kier alpha value is -1.31. The molecule has 1 N–H and O–H groups in total. The average Bonchev–Trinajstić information content (AvgIpc) is 2.90. The van der Waals surface area contributed by atoms with Gasteiger partial charge in [0.25, 0.3) is 0 Å². The molecule has 2 heteroatoms. The van der Waals surface area contributed by atoms with Crippen molar-refractivity contribution in [2.75, 3.05) is 0 Å². The van der Waals surface area contributed by atoms with Gasteiger partial charge in [-0.2, -0.15) is 0 Å². The monoisotopic (exact) mass is 176 g/mol. The Balaban J connectivity index is 2.25. The molecule has 1 saturated carbocycles. The van der Waals surface area contributed by atoms with Crippen molar-refractivity contribution in [2.45, 2.75) is 18.8 Å². The maximum Gasteiger partial charge on any atom is 0.311 e. The summed E-state index contributed by atoms with van der Waals surface area (Å²) in [4.78, 5) is 11.0. The quantitative estimate of drug-likeness (QED) is 0.767. The van der Waals surface area contributed by atoms with Crippen molar-refractivity contribution in [3.05, 3.63) is 35.9 Å². The molecular weight excluding hydrogens is 164 g/mol. The highest BCUT2D eigenvalue weighted by atomic mass is 16.4. The Kier molecular flexibility index (Phi) is 2.05. The highest BCUT2D eigenvalue weighted by Crippen LogP contribution is 2.42. The molecular formula is C11H12O2. The van der Waals surface area contributed by atoms with Crippen LogP contribution in [-0.4, -0.2) is 11.1 Å². The summed E-state index contributed by atoms with van der Waals surface area (Å²) in [6.45, 7) is 0. The summed E-state index contributed by atoms with van der Waals surface area (Å²) in [5.41, 5.74) is 0.942. The minimum Gasteiger partial charge on any atom is -0.481 e. The summed E-state index contributed by atoms with van der Waals surface area (Å²) < 4.78 is 0. The molecule has 0 saturated heterocycles. The first-order valence-corrected chi connectivity index (χ1v) is 4.57. The Bertz CT molecular complexity index is 301. The van der Waals surface area contributed by atoms with Crippen LogP contribution in [0.4, 0.5) is 0 Å². The molecule has 1 aromatic rings. The van der Waals surface area contributed by atoms with Crippen molar-refractivity contribution in [3.63, 3.8) is 0 Å². The number of carboxylic acid groups (broad SMARTS) is 1. The van der Waals surface area contributed by atoms with Crippen molar-refractivity contribution >= 4 is 5.97 Å². The van der Waals surface area contributed by atoms with Gasteiger partial charge in [0.2, 0.25) is 0 Å². The van der Waals surface area contributed by atoms with E-state index in [9.17, 15) is 4.79 Å². The summed E-state index contributed by atoms with van der Waals surface area (Å²) in [5, 5.41) is 9.04. The summed E-state index contributed by atoms with van der Waals surface area (Å²) in [7, 11) is 0. The molecule has 0 amide bonds. The zero-order valence-corrected chi connectivity index (χ0v) is 7.31. The topological polar surface area (TPSA) is 37.3 Å². The summed E-state index contributed by atoms with van der Waals surface area (Å²) in [6, 6.07) is 9.50. The van der Waals surface area contributed by atoms with Gasteiger partial charge >= 0.3 is 5.97 Å². The molecule has 1 atom stereocenters. The second-order valence-electron chi connectivity index (χ2n) is 3.56. The van der Waals surface area contributed by atoms with Gasteiger partial charge in [-0.05, 0) is 24.3 Å². The summed E-state index contributed by atoms with van der Waals surface area (Å²) in [5.74, 6) is -0.588. The van der Waals surface area contributed by atoms with Crippen LogP contribution in [0.1, 0.15) is 24.3 Å². The molecule has 1 aliphatic carbocycles. The van der Waals surface area contributed by atoms with Crippen molar-refractivity contribution in [1.29, 1.82) is 0 Å². The molecule has 0 bridgehead atoms. The lowest BCUT2D eigenvalue weighted by Crippen LogP contribution is -2.13. The van der Waals surface area contributed by atoms with E-state index in [1.807, 2.05) is 30.3 Å². The van der Waals surface area contributed by atoms with Crippen LogP contribution < -0.4 is 0 Å². The van der Waals surface area contributed by atoms with E-state index in [-0.39, 0.29) is 5.92 Å².